The third-order valence-electron chi connectivity index (χ3n) is 7.60. The number of hydrogen-bond acceptors (Lipinski definition) is 3. The molecule has 1 aliphatic heterocycles. The molecule has 2 aliphatic rings. The summed E-state index contributed by atoms with van der Waals surface area (Å²) in [4.78, 5) is 29.6. The fraction of sp³-hybridized carbons (Fsp3) is 0.607. The molecule has 2 heterocycles. The predicted octanol–water partition coefficient (Wildman–Crippen LogP) is 5.45. The molecule has 1 aromatic heterocycles. The van der Waals surface area contributed by atoms with Gasteiger partial charge in [-0.2, -0.15) is 5.10 Å². The van der Waals surface area contributed by atoms with Crippen molar-refractivity contribution < 1.29 is 9.59 Å². The summed E-state index contributed by atoms with van der Waals surface area (Å²) >= 11 is 0. The van der Waals surface area contributed by atoms with Crippen LogP contribution >= 0.6 is 0 Å². The Morgan fingerprint density at radius 2 is 1.68 bits per heavy atom. The monoisotopic (exact) mass is 464 g/mol. The van der Waals surface area contributed by atoms with Crippen molar-refractivity contribution in [1.29, 1.82) is 0 Å². The molecule has 0 saturated heterocycles. The molecule has 34 heavy (non-hydrogen) atoms. The van der Waals surface area contributed by atoms with Gasteiger partial charge in [-0.1, -0.05) is 58.9 Å². The van der Waals surface area contributed by atoms with Crippen molar-refractivity contribution in [3.05, 3.63) is 46.8 Å². The van der Waals surface area contributed by atoms with Gasteiger partial charge in [-0.3, -0.25) is 19.2 Å². The highest BCUT2D eigenvalue weighted by Gasteiger charge is 2.49. The van der Waals surface area contributed by atoms with Gasteiger partial charge in [0, 0.05) is 17.1 Å². The van der Waals surface area contributed by atoms with Crippen molar-refractivity contribution in [2.24, 2.45) is 0 Å². The minimum Gasteiger partial charge on any atom is -0.351 e. The molecule has 1 fully saturated rings. The Hall–Kier alpha value is -2.63. The summed E-state index contributed by atoms with van der Waals surface area (Å²) in [7, 11) is 0. The largest absolute Gasteiger partial charge is 0.351 e. The first-order valence-corrected chi connectivity index (χ1v) is 12.8. The van der Waals surface area contributed by atoms with Gasteiger partial charge in [0.15, 0.2) is 0 Å². The lowest BCUT2D eigenvalue weighted by Crippen LogP contribution is -2.65. The fourth-order valence-electron chi connectivity index (χ4n) is 5.16. The normalized spacial score (nSPS) is 22.2. The van der Waals surface area contributed by atoms with E-state index < -0.39 is 5.54 Å². The topological polar surface area (TPSA) is 67.2 Å². The van der Waals surface area contributed by atoms with E-state index in [2.05, 4.69) is 33.0 Å². The lowest BCUT2D eigenvalue weighted by atomic mass is 9.90. The first-order chi connectivity index (χ1) is 16.0. The highest BCUT2D eigenvalue weighted by atomic mass is 16.2. The standard InChI is InChI=1S/C28H40N4O2/c1-19-14-15-22(16-20(19)2)32-25(33)23-17-24(27(3,4)5)30-31(23)18-28(32,6)26(34)29-21-12-10-8-7-9-11-13-21/h14-17,21H,7-13,18H2,1-6H3,(H,29,34). The Morgan fingerprint density at radius 1 is 1.03 bits per heavy atom. The molecular formula is C28H40N4O2. The van der Waals surface area contributed by atoms with Crippen LogP contribution in [0.15, 0.2) is 24.3 Å². The minimum absolute atomic E-state index is 0.0943. The molecule has 0 bridgehead atoms. The highest BCUT2D eigenvalue weighted by Crippen LogP contribution is 2.35. The second kappa shape index (κ2) is 9.20. The number of fused-ring (bicyclic) bond motifs is 1. The minimum atomic E-state index is -1.07. The van der Waals surface area contributed by atoms with Crippen LogP contribution in [-0.2, 0) is 16.8 Å². The molecule has 1 saturated carbocycles. The summed E-state index contributed by atoms with van der Waals surface area (Å²) in [6.07, 6.45) is 8.01. The molecule has 6 nitrogen and oxygen atoms in total. The number of hydrogen-bond donors (Lipinski definition) is 1. The van der Waals surface area contributed by atoms with Crippen LogP contribution in [0.3, 0.4) is 0 Å². The molecule has 2 aromatic rings. The number of carbonyl (C=O) groups is 2. The van der Waals surface area contributed by atoms with E-state index in [1.807, 2.05) is 38.1 Å². The van der Waals surface area contributed by atoms with Crippen molar-refractivity contribution in [3.8, 4) is 0 Å². The van der Waals surface area contributed by atoms with Gasteiger partial charge in [-0.25, -0.2) is 0 Å². The number of aryl methyl sites for hydroxylation is 2. The maximum Gasteiger partial charge on any atom is 0.277 e. The Kier molecular flexibility index (Phi) is 6.63. The lowest BCUT2D eigenvalue weighted by molar-refractivity contribution is -0.127. The van der Waals surface area contributed by atoms with Crippen LogP contribution in [0.1, 0.15) is 99.9 Å². The van der Waals surface area contributed by atoms with Crippen LogP contribution in [0.4, 0.5) is 5.69 Å². The lowest BCUT2D eigenvalue weighted by Gasteiger charge is -2.44. The Morgan fingerprint density at radius 3 is 2.29 bits per heavy atom. The Balaban J connectivity index is 1.74. The van der Waals surface area contributed by atoms with E-state index in [0.717, 1.165) is 48.2 Å². The van der Waals surface area contributed by atoms with Gasteiger partial charge < -0.3 is 5.32 Å². The van der Waals surface area contributed by atoms with E-state index in [9.17, 15) is 9.59 Å². The summed E-state index contributed by atoms with van der Waals surface area (Å²) in [6.45, 7) is 12.6. The number of aromatic nitrogens is 2. The number of nitrogens with one attached hydrogen (secondary N) is 1. The number of carbonyl (C=O) groups excluding carboxylic acids is 2. The zero-order chi connectivity index (χ0) is 24.7. The number of amides is 2. The summed E-state index contributed by atoms with van der Waals surface area (Å²) in [6, 6.07) is 8.05. The van der Waals surface area contributed by atoms with Crippen LogP contribution in [0.5, 0.6) is 0 Å². The Bertz CT molecular complexity index is 1070. The van der Waals surface area contributed by atoms with E-state index in [1.54, 1.807) is 9.58 Å². The number of rotatable bonds is 3. The Labute approximate surface area is 204 Å². The molecule has 1 aromatic carbocycles. The average molecular weight is 465 g/mol. The number of benzene rings is 1. The molecule has 1 aliphatic carbocycles. The highest BCUT2D eigenvalue weighted by molar-refractivity contribution is 6.12. The molecule has 4 rings (SSSR count). The van der Waals surface area contributed by atoms with E-state index >= 15 is 0 Å². The van der Waals surface area contributed by atoms with Gasteiger partial charge in [-0.05, 0) is 62.9 Å². The first kappa shape index (κ1) is 24.5. The van der Waals surface area contributed by atoms with Crippen LogP contribution in [0, 0.1) is 13.8 Å². The molecule has 184 valence electrons. The zero-order valence-corrected chi connectivity index (χ0v) is 21.7. The molecule has 6 heteroatoms. The molecule has 1 N–H and O–H groups in total. The maximum absolute atomic E-state index is 14.0. The molecule has 2 amide bonds. The van der Waals surface area contributed by atoms with Gasteiger partial charge in [0.2, 0.25) is 5.91 Å². The molecule has 1 atom stereocenters. The van der Waals surface area contributed by atoms with Crippen molar-refractivity contribution in [2.45, 2.75) is 110 Å². The fourth-order valence-corrected chi connectivity index (χ4v) is 5.16. The summed E-state index contributed by atoms with van der Waals surface area (Å²) in [5, 5.41) is 8.11. The van der Waals surface area contributed by atoms with Crippen molar-refractivity contribution in [1.82, 2.24) is 15.1 Å². The van der Waals surface area contributed by atoms with E-state index in [4.69, 9.17) is 5.10 Å². The van der Waals surface area contributed by atoms with Crippen molar-refractivity contribution in [3.63, 3.8) is 0 Å². The second-order valence-electron chi connectivity index (χ2n) is 11.5. The second-order valence-corrected chi connectivity index (χ2v) is 11.5. The van der Waals surface area contributed by atoms with Gasteiger partial charge in [0.25, 0.3) is 5.91 Å². The quantitative estimate of drug-likeness (QED) is 0.657. The van der Waals surface area contributed by atoms with E-state index in [0.29, 0.717) is 12.2 Å². The average Bonchev–Trinajstić information content (AvgIpc) is 3.17. The zero-order valence-electron chi connectivity index (χ0n) is 21.7. The third-order valence-corrected chi connectivity index (χ3v) is 7.60. The summed E-state index contributed by atoms with van der Waals surface area (Å²) in [5.41, 5.74) is 3.16. The molecule has 1 unspecified atom stereocenters. The van der Waals surface area contributed by atoms with Crippen LogP contribution in [0.25, 0.3) is 0 Å². The third kappa shape index (κ3) is 4.64. The van der Waals surface area contributed by atoms with Crippen LogP contribution in [0.2, 0.25) is 0 Å². The maximum atomic E-state index is 14.0. The predicted molar refractivity (Wildman–Crippen MR) is 136 cm³/mol. The summed E-state index contributed by atoms with van der Waals surface area (Å²) < 4.78 is 1.75. The van der Waals surface area contributed by atoms with E-state index in [-0.39, 0.29) is 23.3 Å². The van der Waals surface area contributed by atoms with Crippen molar-refractivity contribution >= 4 is 17.5 Å². The van der Waals surface area contributed by atoms with Crippen LogP contribution < -0.4 is 10.2 Å². The SMILES string of the molecule is Cc1ccc(N2C(=O)c3cc(C(C)(C)C)nn3CC2(C)C(=O)NC2CCCCCCC2)cc1C. The summed E-state index contributed by atoms with van der Waals surface area (Å²) in [5.74, 6) is -0.268. The van der Waals surface area contributed by atoms with Gasteiger partial charge >= 0.3 is 0 Å². The molecule has 0 radical (unpaired) electrons. The van der Waals surface area contributed by atoms with Crippen LogP contribution in [-0.4, -0.2) is 33.2 Å². The van der Waals surface area contributed by atoms with Gasteiger partial charge in [-0.15, -0.1) is 0 Å². The number of nitrogens with zero attached hydrogens (tertiary/aromatic N) is 3. The smallest absolute Gasteiger partial charge is 0.277 e. The molecular weight excluding hydrogens is 424 g/mol. The van der Waals surface area contributed by atoms with Gasteiger partial charge in [0.05, 0.1) is 12.2 Å². The van der Waals surface area contributed by atoms with E-state index in [1.165, 1.54) is 19.3 Å². The molecule has 0 spiro atoms. The van der Waals surface area contributed by atoms with Crippen molar-refractivity contribution in [2.75, 3.05) is 4.90 Å². The van der Waals surface area contributed by atoms with Gasteiger partial charge in [0.1, 0.15) is 11.2 Å². The number of anilines is 1. The first-order valence-electron chi connectivity index (χ1n) is 12.8.